The quantitative estimate of drug-likeness (QED) is 0.355. The van der Waals surface area contributed by atoms with Crippen molar-refractivity contribution < 1.29 is 19.7 Å². The largest absolute Gasteiger partial charge is 0.494 e. The Morgan fingerprint density at radius 1 is 0.972 bits per heavy atom. The van der Waals surface area contributed by atoms with Gasteiger partial charge in [0.2, 0.25) is 11.8 Å². The Kier molecular flexibility index (Phi) is 7.68. The number of terminal acetylenes is 1. The van der Waals surface area contributed by atoms with E-state index in [1.807, 2.05) is 0 Å². The molecule has 0 bridgehead atoms. The number of hydrogen-bond acceptors (Lipinski definition) is 8. The van der Waals surface area contributed by atoms with E-state index in [1.54, 1.807) is 0 Å². The Bertz CT molecular complexity index is 1580. The normalized spacial score (nSPS) is 10.9. The van der Waals surface area contributed by atoms with Crippen molar-refractivity contribution in [2.24, 2.45) is 28.2 Å². The summed E-state index contributed by atoms with van der Waals surface area (Å²) >= 11 is 17.0. The summed E-state index contributed by atoms with van der Waals surface area (Å²) < 4.78 is 15.7. The number of halogens is 1. The molecule has 0 saturated carbocycles. The Hall–Kier alpha value is -3.53. The Balaban J connectivity index is 2.57. The van der Waals surface area contributed by atoms with Gasteiger partial charge < -0.3 is 19.7 Å². The van der Waals surface area contributed by atoms with Crippen molar-refractivity contribution in [3.8, 4) is 35.6 Å². The topological polar surface area (TPSA) is 113 Å². The van der Waals surface area contributed by atoms with Gasteiger partial charge in [0.25, 0.3) is 11.1 Å². The second-order valence-electron chi connectivity index (χ2n) is 7.85. The molecule has 2 aromatic heterocycles. The third-order valence-electron chi connectivity index (χ3n) is 5.80. The van der Waals surface area contributed by atoms with E-state index in [2.05, 4.69) is 5.92 Å². The molecule has 0 radical (unpaired) electrons. The molecule has 10 nitrogen and oxygen atoms in total. The molecule has 13 heteroatoms. The van der Waals surface area contributed by atoms with Crippen molar-refractivity contribution in [1.29, 1.82) is 0 Å². The van der Waals surface area contributed by atoms with E-state index >= 15 is 0 Å². The number of nitrogens with zero attached hydrogens (tertiary/aromatic N) is 4. The summed E-state index contributed by atoms with van der Waals surface area (Å²) in [6.45, 7) is -0.0895. The van der Waals surface area contributed by atoms with Crippen molar-refractivity contribution in [3.05, 3.63) is 64.1 Å². The highest BCUT2D eigenvalue weighted by Crippen LogP contribution is 2.43. The number of methoxy groups -OCH3 is 1. The van der Waals surface area contributed by atoms with Crippen molar-refractivity contribution in [2.45, 2.75) is 5.92 Å². The molecule has 0 aliphatic heterocycles. The van der Waals surface area contributed by atoms with Crippen LogP contribution in [-0.2, 0) is 28.2 Å². The fourth-order valence-electron chi connectivity index (χ4n) is 3.86. The van der Waals surface area contributed by atoms with E-state index in [9.17, 15) is 19.8 Å². The third kappa shape index (κ3) is 4.30. The molecular weight excluding hydrogens is 528 g/mol. The number of rotatable bonds is 6. The Labute approximate surface area is 221 Å². The molecule has 0 aliphatic rings. The molecular formula is C23H23ClN4O6S2. The van der Waals surface area contributed by atoms with Gasteiger partial charge in [-0.15, -0.1) is 6.42 Å². The fraction of sp³-hybridized carbons (Fsp3) is 0.304. The summed E-state index contributed by atoms with van der Waals surface area (Å²) in [5, 5.41) is 22.2. The van der Waals surface area contributed by atoms with Crippen LogP contribution in [0.1, 0.15) is 22.6 Å². The van der Waals surface area contributed by atoms with E-state index in [-0.39, 0.29) is 49.4 Å². The first kappa shape index (κ1) is 27.1. The van der Waals surface area contributed by atoms with E-state index < -0.39 is 28.8 Å². The number of benzene rings is 1. The zero-order valence-electron chi connectivity index (χ0n) is 20.0. The van der Waals surface area contributed by atoms with Gasteiger partial charge in [0.05, 0.1) is 29.2 Å². The summed E-state index contributed by atoms with van der Waals surface area (Å²) in [7, 11) is 7.16. The maximum absolute atomic E-state index is 13.5. The average Bonchev–Trinajstić information content (AvgIpc) is 2.86. The highest BCUT2D eigenvalue weighted by atomic mass is 35.5. The zero-order valence-corrected chi connectivity index (χ0v) is 22.4. The summed E-state index contributed by atoms with van der Waals surface area (Å²) in [5.74, 6) is 0.314. The van der Waals surface area contributed by atoms with Crippen molar-refractivity contribution >= 4 is 36.0 Å². The first-order valence-corrected chi connectivity index (χ1v) is 11.5. The molecule has 0 saturated heterocycles. The SMILES string of the molecule is C#CCOc1c(Cl)cc(C(c2c(O)n(C)c(=S)n(C)c2=O)c2c(O)n(C)c(=S)n(C)c2=O)cc1OC. The highest BCUT2D eigenvalue weighted by Gasteiger charge is 2.33. The molecule has 2 heterocycles. The minimum absolute atomic E-state index is 0.0391. The Morgan fingerprint density at radius 2 is 1.44 bits per heavy atom. The summed E-state index contributed by atoms with van der Waals surface area (Å²) in [5.41, 5.74) is -1.59. The molecule has 2 N–H and O–H groups in total. The van der Waals surface area contributed by atoms with Crippen molar-refractivity contribution in [2.75, 3.05) is 13.7 Å². The summed E-state index contributed by atoms with van der Waals surface area (Å²) in [6.07, 6.45) is 5.29. The first-order valence-electron chi connectivity index (χ1n) is 10.3. The molecule has 0 spiro atoms. The lowest BCUT2D eigenvalue weighted by atomic mass is 9.86. The smallest absolute Gasteiger partial charge is 0.262 e. The molecule has 0 amide bonds. The lowest BCUT2D eigenvalue weighted by Crippen LogP contribution is -2.33. The molecule has 0 fully saturated rings. The van der Waals surface area contributed by atoms with Crippen LogP contribution in [-0.4, -0.2) is 42.2 Å². The van der Waals surface area contributed by atoms with Gasteiger partial charge in [0, 0.05) is 28.2 Å². The van der Waals surface area contributed by atoms with Crippen LogP contribution in [0.3, 0.4) is 0 Å². The lowest BCUT2D eigenvalue weighted by Gasteiger charge is -2.24. The minimum Gasteiger partial charge on any atom is -0.494 e. The molecule has 36 heavy (non-hydrogen) atoms. The van der Waals surface area contributed by atoms with Gasteiger partial charge in [-0.05, 0) is 42.1 Å². The van der Waals surface area contributed by atoms with Crippen molar-refractivity contribution in [3.63, 3.8) is 0 Å². The monoisotopic (exact) mass is 550 g/mol. The van der Waals surface area contributed by atoms with Crippen LogP contribution in [0.25, 0.3) is 0 Å². The van der Waals surface area contributed by atoms with Crippen LogP contribution in [0.5, 0.6) is 23.3 Å². The van der Waals surface area contributed by atoms with Crippen LogP contribution in [0, 0.1) is 21.9 Å². The number of hydrogen-bond donors (Lipinski definition) is 2. The van der Waals surface area contributed by atoms with E-state index in [0.717, 1.165) is 9.13 Å². The van der Waals surface area contributed by atoms with Gasteiger partial charge in [-0.3, -0.25) is 27.9 Å². The highest BCUT2D eigenvalue weighted by molar-refractivity contribution is 7.71. The maximum Gasteiger partial charge on any atom is 0.262 e. The fourth-order valence-corrected chi connectivity index (χ4v) is 4.47. The van der Waals surface area contributed by atoms with Crippen LogP contribution >= 0.6 is 36.0 Å². The van der Waals surface area contributed by atoms with E-state index in [1.165, 1.54) is 56.6 Å². The summed E-state index contributed by atoms with van der Waals surface area (Å²) in [6, 6.07) is 2.91. The molecule has 190 valence electrons. The second-order valence-corrected chi connectivity index (χ2v) is 8.98. The van der Waals surface area contributed by atoms with Gasteiger partial charge in [-0.1, -0.05) is 17.5 Å². The van der Waals surface area contributed by atoms with Gasteiger partial charge in [-0.2, -0.15) is 0 Å². The van der Waals surface area contributed by atoms with Gasteiger partial charge in [-0.25, -0.2) is 0 Å². The third-order valence-corrected chi connectivity index (χ3v) is 7.17. The van der Waals surface area contributed by atoms with Crippen LogP contribution in [0.4, 0.5) is 0 Å². The van der Waals surface area contributed by atoms with Gasteiger partial charge in [0.15, 0.2) is 21.0 Å². The molecule has 0 unspecified atom stereocenters. The average molecular weight is 551 g/mol. The number of aromatic hydroxyl groups is 2. The maximum atomic E-state index is 13.5. The molecule has 3 rings (SSSR count). The van der Waals surface area contributed by atoms with E-state index in [4.69, 9.17) is 51.9 Å². The standard InChI is InChI=1S/C23H23ClN4O6S2/c1-7-8-34-17-12(24)9-11(10-13(17)33-6)14(15-18(29)25(2)22(35)26(3)19(15)30)16-20(31)27(4)23(36)28(5)21(16)32/h1,9-10,14,29,31H,8H2,2-6H3. The van der Waals surface area contributed by atoms with Crippen molar-refractivity contribution in [1.82, 2.24) is 18.3 Å². The van der Waals surface area contributed by atoms with Crippen LogP contribution in [0.15, 0.2) is 21.7 Å². The zero-order chi connectivity index (χ0) is 27.1. The lowest BCUT2D eigenvalue weighted by molar-refractivity contribution is 0.330. The number of ether oxygens (including phenoxy) is 2. The van der Waals surface area contributed by atoms with Gasteiger partial charge in [0.1, 0.15) is 6.61 Å². The Morgan fingerprint density at radius 3 is 1.86 bits per heavy atom. The van der Waals surface area contributed by atoms with Crippen LogP contribution < -0.4 is 20.6 Å². The number of aromatic nitrogens is 4. The summed E-state index contributed by atoms with van der Waals surface area (Å²) in [4.78, 5) is 26.9. The van der Waals surface area contributed by atoms with Gasteiger partial charge >= 0.3 is 0 Å². The molecule has 3 aromatic rings. The second kappa shape index (κ2) is 10.2. The van der Waals surface area contributed by atoms with E-state index in [0.29, 0.717) is 0 Å². The molecule has 0 aliphatic carbocycles. The first-order chi connectivity index (χ1) is 16.9. The molecule has 1 aromatic carbocycles. The molecule has 0 atom stereocenters. The van der Waals surface area contributed by atoms with Crippen LogP contribution in [0.2, 0.25) is 5.02 Å². The predicted octanol–water partition coefficient (Wildman–Crippen LogP) is 2.49. The minimum atomic E-state index is -1.32. The predicted molar refractivity (Wildman–Crippen MR) is 140 cm³/mol.